The van der Waals surface area contributed by atoms with Crippen molar-refractivity contribution in [2.75, 3.05) is 46.4 Å². The average Bonchev–Trinajstić information content (AvgIpc) is 2.88. The van der Waals surface area contributed by atoms with Crippen LogP contribution in [0, 0.1) is 11.8 Å². The summed E-state index contributed by atoms with van der Waals surface area (Å²) < 4.78 is 18.1. The monoisotopic (exact) mass is 588 g/mol. The van der Waals surface area contributed by atoms with Crippen molar-refractivity contribution in [3.8, 4) is 0 Å². The number of aliphatic hydroxyl groups excluding tert-OH is 4. The molecule has 1 saturated carbocycles. The molecule has 0 aromatic rings. The van der Waals surface area contributed by atoms with Crippen molar-refractivity contribution in [3.63, 3.8) is 0 Å². The van der Waals surface area contributed by atoms with E-state index in [2.05, 4.69) is 21.3 Å². The number of amides is 1. The molecular weight excluding hydrogens is 540 g/mol. The van der Waals surface area contributed by atoms with Crippen LogP contribution < -0.4 is 32.7 Å². The summed E-state index contributed by atoms with van der Waals surface area (Å²) in [6.45, 7) is 3.12. The minimum Gasteiger partial charge on any atom is -0.492 e. The molecular formula is C26H48N6O9. The number of carbonyl (C=O) groups is 1. The summed E-state index contributed by atoms with van der Waals surface area (Å²) in [7, 11) is 1.59. The summed E-state index contributed by atoms with van der Waals surface area (Å²) in [4.78, 5) is 13.0. The van der Waals surface area contributed by atoms with Gasteiger partial charge in [0.15, 0.2) is 6.29 Å². The molecule has 0 aromatic heterocycles. The van der Waals surface area contributed by atoms with E-state index in [1.54, 1.807) is 7.05 Å². The molecule has 0 aromatic carbocycles. The zero-order valence-electron chi connectivity index (χ0n) is 23.7. The standard InChI is InChI=1S/C26H48N6O9/c1-26(38)11-39-25(20(36)23(26)29-2)41-22-16(32-24(37)18(34)12-8-31-9-12)7-15(28)17(19(22)35)21-14(27)4-3-13(40-21)10-30-5-6-33/h3,12,14-23,25,29-31,33-36,38H,4-11,27-28H2,1-2H3,(H,32,37)/t14-,15+,16-,17?,18?,19+,20-,21+,22+,23-,25-,26+/m1/s1. The van der Waals surface area contributed by atoms with E-state index in [4.69, 9.17) is 30.8 Å². The van der Waals surface area contributed by atoms with Gasteiger partial charge in [-0.05, 0) is 32.9 Å². The van der Waals surface area contributed by atoms with Crippen molar-refractivity contribution < 1.29 is 44.5 Å². The van der Waals surface area contributed by atoms with E-state index in [1.807, 2.05) is 6.08 Å². The fourth-order valence-corrected chi connectivity index (χ4v) is 6.27. The van der Waals surface area contributed by atoms with Gasteiger partial charge in [-0.2, -0.15) is 0 Å². The van der Waals surface area contributed by atoms with Crippen LogP contribution in [-0.4, -0.2) is 144 Å². The van der Waals surface area contributed by atoms with E-state index in [0.717, 1.165) is 0 Å². The maximum Gasteiger partial charge on any atom is 0.249 e. The lowest BCUT2D eigenvalue weighted by Crippen LogP contribution is -2.70. The Balaban J connectivity index is 1.55. The predicted molar refractivity (Wildman–Crippen MR) is 146 cm³/mol. The molecule has 41 heavy (non-hydrogen) atoms. The van der Waals surface area contributed by atoms with Gasteiger partial charge in [-0.1, -0.05) is 0 Å². The molecule has 3 fully saturated rings. The number of rotatable bonds is 11. The largest absolute Gasteiger partial charge is 0.492 e. The quantitative estimate of drug-likeness (QED) is 0.101. The molecule has 4 aliphatic rings. The first kappa shape index (κ1) is 32.4. The molecule has 0 radical (unpaired) electrons. The molecule has 3 aliphatic heterocycles. The van der Waals surface area contributed by atoms with Gasteiger partial charge in [0.05, 0.1) is 37.9 Å². The Labute approximate surface area is 240 Å². The molecule has 15 nitrogen and oxygen atoms in total. The molecule has 1 aliphatic carbocycles. The summed E-state index contributed by atoms with van der Waals surface area (Å²) in [5.74, 6) is -0.946. The van der Waals surface area contributed by atoms with E-state index in [1.165, 1.54) is 6.92 Å². The molecule has 3 heterocycles. The van der Waals surface area contributed by atoms with Gasteiger partial charge in [-0.25, -0.2) is 0 Å². The van der Waals surface area contributed by atoms with Crippen LogP contribution in [0.1, 0.15) is 19.8 Å². The molecule has 0 bridgehead atoms. The Morgan fingerprint density at radius 2 is 2.00 bits per heavy atom. The number of nitrogens with two attached hydrogens (primary N) is 2. The smallest absolute Gasteiger partial charge is 0.249 e. The topological polar surface area (TPSA) is 246 Å². The normalized spacial score (nSPS) is 42.5. The van der Waals surface area contributed by atoms with E-state index in [9.17, 15) is 25.2 Å². The average molecular weight is 589 g/mol. The van der Waals surface area contributed by atoms with Crippen LogP contribution in [0.5, 0.6) is 0 Å². The summed E-state index contributed by atoms with van der Waals surface area (Å²) in [5, 5.41) is 64.8. The van der Waals surface area contributed by atoms with Crippen molar-refractivity contribution in [1.29, 1.82) is 0 Å². The van der Waals surface area contributed by atoms with Gasteiger partial charge in [0.25, 0.3) is 0 Å². The second-order valence-electron chi connectivity index (χ2n) is 11.9. The van der Waals surface area contributed by atoms with Gasteiger partial charge in [0.2, 0.25) is 5.91 Å². The van der Waals surface area contributed by atoms with E-state index < -0.39 is 78.4 Å². The lowest BCUT2D eigenvalue weighted by molar-refractivity contribution is -0.297. The Morgan fingerprint density at radius 1 is 1.27 bits per heavy atom. The van der Waals surface area contributed by atoms with Crippen LogP contribution in [0.2, 0.25) is 0 Å². The third-order valence-electron chi connectivity index (χ3n) is 8.73. The zero-order chi connectivity index (χ0) is 29.9. The van der Waals surface area contributed by atoms with Crippen LogP contribution in [0.15, 0.2) is 11.8 Å². The Kier molecular flexibility index (Phi) is 11.0. The van der Waals surface area contributed by atoms with Crippen LogP contribution in [0.4, 0.5) is 0 Å². The van der Waals surface area contributed by atoms with E-state index in [-0.39, 0.29) is 25.6 Å². The predicted octanol–water partition coefficient (Wildman–Crippen LogP) is -5.22. The van der Waals surface area contributed by atoms with Crippen LogP contribution in [0.25, 0.3) is 0 Å². The van der Waals surface area contributed by atoms with Crippen molar-refractivity contribution in [3.05, 3.63) is 11.8 Å². The van der Waals surface area contributed by atoms with Crippen molar-refractivity contribution >= 4 is 5.91 Å². The third-order valence-corrected chi connectivity index (χ3v) is 8.73. The van der Waals surface area contributed by atoms with Crippen molar-refractivity contribution in [1.82, 2.24) is 21.3 Å². The number of carbonyl (C=O) groups excluding carboxylic acids is 1. The zero-order valence-corrected chi connectivity index (χ0v) is 23.7. The minimum atomic E-state index is -1.38. The molecule has 12 atom stereocenters. The Bertz CT molecular complexity index is 909. The Hall–Kier alpha value is -1.47. The van der Waals surface area contributed by atoms with Crippen LogP contribution >= 0.6 is 0 Å². The lowest BCUT2D eigenvalue weighted by Gasteiger charge is -2.50. The molecule has 15 heteroatoms. The van der Waals surface area contributed by atoms with Crippen molar-refractivity contribution in [2.24, 2.45) is 23.3 Å². The fraction of sp³-hybridized carbons (Fsp3) is 0.885. The maximum atomic E-state index is 13.0. The highest BCUT2D eigenvalue weighted by molar-refractivity contribution is 5.81. The first-order chi connectivity index (χ1) is 19.5. The van der Waals surface area contributed by atoms with E-state index in [0.29, 0.717) is 38.4 Å². The number of aliphatic hydroxyl groups is 5. The van der Waals surface area contributed by atoms with Gasteiger partial charge in [-0.15, -0.1) is 0 Å². The van der Waals surface area contributed by atoms with Gasteiger partial charge in [0.1, 0.15) is 35.8 Å². The molecule has 4 rings (SSSR count). The first-order valence-corrected chi connectivity index (χ1v) is 14.4. The molecule has 236 valence electrons. The maximum absolute atomic E-state index is 13.0. The Morgan fingerprint density at radius 3 is 2.63 bits per heavy atom. The van der Waals surface area contributed by atoms with Crippen LogP contribution in [0.3, 0.4) is 0 Å². The highest BCUT2D eigenvalue weighted by Gasteiger charge is 2.53. The van der Waals surface area contributed by atoms with Gasteiger partial charge in [0, 0.05) is 43.6 Å². The summed E-state index contributed by atoms with van der Waals surface area (Å²) in [6, 6.07) is -2.78. The molecule has 2 unspecified atom stereocenters. The number of likely N-dealkylation sites (N-methyl/N-ethyl adjacent to an activating group) is 1. The second-order valence-corrected chi connectivity index (χ2v) is 11.9. The number of hydrogen-bond donors (Lipinski definition) is 11. The summed E-state index contributed by atoms with van der Waals surface area (Å²) >= 11 is 0. The lowest BCUT2D eigenvalue weighted by atomic mass is 9.72. The van der Waals surface area contributed by atoms with Gasteiger partial charge >= 0.3 is 0 Å². The van der Waals surface area contributed by atoms with Crippen LogP contribution in [-0.2, 0) is 19.0 Å². The SMILES string of the molecule is CN[C@@H]1[C@@H](O)[C@@H](O[C@H]2[C@H](NC(=O)C(O)C3CNC3)C[C@H](N)C([C@H]3OC(CNCCO)=CC[C@H]3N)[C@@H]2O)OC[C@]1(C)O. The number of nitrogens with one attached hydrogen (secondary N) is 4. The summed E-state index contributed by atoms with van der Waals surface area (Å²) in [6.07, 6.45) is -4.42. The van der Waals surface area contributed by atoms with Gasteiger partial charge < -0.3 is 72.5 Å². The third kappa shape index (κ3) is 7.20. The molecule has 2 saturated heterocycles. The summed E-state index contributed by atoms with van der Waals surface area (Å²) in [5.41, 5.74) is 11.7. The molecule has 1 amide bonds. The van der Waals surface area contributed by atoms with Crippen molar-refractivity contribution in [2.45, 2.75) is 86.3 Å². The number of hydrogen-bond acceptors (Lipinski definition) is 14. The minimum absolute atomic E-state index is 0.0283. The molecule has 13 N–H and O–H groups in total. The fourth-order valence-electron chi connectivity index (χ4n) is 6.27. The number of ether oxygens (including phenoxy) is 3. The van der Waals surface area contributed by atoms with E-state index >= 15 is 0 Å². The highest BCUT2D eigenvalue weighted by Crippen LogP contribution is 2.36. The highest BCUT2D eigenvalue weighted by atomic mass is 16.7. The first-order valence-electron chi connectivity index (χ1n) is 14.4. The van der Waals surface area contributed by atoms with Gasteiger partial charge in [-0.3, -0.25) is 4.79 Å². The second kappa shape index (κ2) is 13.9. The molecule has 0 spiro atoms.